The van der Waals surface area contributed by atoms with Crippen LogP contribution in [-0.2, 0) is 5.41 Å². The first kappa shape index (κ1) is 20.4. The van der Waals surface area contributed by atoms with Gasteiger partial charge >= 0.3 is 21.2 Å². The highest BCUT2D eigenvalue weighted by atomic mass is 127. The number of hydrogen-bond acceptors (Lipinski definition) is 1. The summed E-state index contributed by atoms with van der Waals surface area (Å²) in [6, 6.07) is 23.9. The predicted molar refractivity (Wildman–Crippen MR) is 121 cm³/mol. The van der Waals surface area contributed by atoms with Crippen molar-refractivity contribution in [2.24, 2.45) is 0 Å². The standard InChI is InChI=1S/C22H20I3O/c1-22(2,3)15-4-7-17(8-5-15)25-18-9-11-19(12-10-18)26-21-13-6-16(23)14-20(21)24/h4-14H,1-3H3/q+1. The van der Waals surface area contributed by atoms with Crippen LogP contribution in [0.3, 0.4) is 0 Å². The zero-order chi connectivity index (χ0) is 18.7. The number of halogens is 3. The first-order valence-electron chi connectivity index (χ1n) is 8.29. The van der Waals surface area contributed by atoms with Crippen LogP contribution in [0.5, 0.6) is 11.5 Å². The summed E-state index contributed by atoms with van der Waals surface area (Å²) < 4.78 is 11.2. The second kappa shape index (κ2) is 8.77. The quantitative estimate of drug-likeness (QED) is 0.377. The Labute approximate surface area is 193 Å². The van der Waals surface area contributed by atoms with E-state index in [1.807, 2.05) is 6.07 Å². The number of benzene rings is 3. The Morgan fingerprint density at radius 1 is 0.769 bits per heavy atom. The zero-order valence-corrected chi connectivity index (χ0v) is 21.4. The van der Waals surface area contributed by atoms with E-state index in [2.05, 4.69) is 127 Å². The monoisotopic (exact) mass is 681 g/mol. The molecule has 0 atom stereocenters. The summed E-state index contributed by atoms with van der Waals surface area (Å²) in [7, 11) is 0. The van der Waals surface area contributed by atoms with Crippen molar-refractivity contribution in [1.29, 1.82) is 0 Å². The van der Waals surface area contributed by atoms with Crippen LogP contribution in [0.4, 0.5) is 0 Å². The maximum atomic E-state index is 6.02. The fourth-order valence-corrected chi connectivity index (χ4v) is 6.26. The molecule has 0 saturated carbocycles. The molecule has 3 aromatic rings. The number of ether oxygens (including phenoxy) is 1. The van der Waals surface area contributed by atoms with Crippen LogP contribution in [-0.4, -0.2) is 0 Å². The maximum absolute atomic E-state index is 6.02. The molecule has 0 amide bonds. The first-order chi connectivity index (χ1) is 12.3. The van der Waals surface area contributed by atoms with Crippen LogP contribution in [0.25, 0.3) is 0 Å². The van der Waals surface area contributed by atoms with Crippen LogP contribution in [0.15, 0.2) is 66.7 Å². The van der Waals surface area contributed by atoms with Gasteiger partial charge in [0.1, 0.15) is 11.5 Å². The molecule has 0 N–H and O–H groups in total. The number of hydrogen-bond donors (Lipinski definition) is 0. The molecule has 0 unspecified atom stereocenters. The molecule has 0 aliphatic rings. The SMILES string of the molecule is CC(C)(C)c1ccc([I+]c2ccc(Oc3ccc(I)cc3I)cc2)cc1. The molecular weight excluding hydrogens is 661 g/mol. The van der Waals surface area contributed by atoms with Gasteiger partial charge in [-0.05, 0) is 111 Å². The van der Waals surface area contributed by atoms with E-state index in [9.17, 15) is 0 Å². The molecule has 0 spiro atoms. The Morgan fingerprint density at radius 3 is 1.88 bits per heavy atom. The summed E-state index contributed by atoms with van der Waals surface area (Å²) in [5.41, 5.74) is 1.60. The molecular formula is C22H20I3O+. The Balaban J connectivity index is 1.68. The highest BCUT2D eigenvalue weighted by molar-refractivity contribution is 14.1. The molecule has 134 valence electrons. The van der Waals surface area contributed by atoms with Crippen LogP contribution >= 0.6 is 45.2 Å². The van der Waals surface area contributed by atoms with Crippen molar-refractivity contribution in [3.8, 4) is 11.5 Å². The van der Waals surface area contributed by atoms with Gasteiger partial charge in [0.15, 0.2) is 7.14 Å². The minimum Gasteiger partial charge on any atom is -0.456 e. The summed E-state index contributed by atoms with van der Waals surface area (Å²) >= 11 is 4.47. The molecule has 3 rings (SSSR count). The average molecular weight is 681 g/mol. The van der Waals surface area contributed by atoms with E-state index >= 15 is 0 Å². The van der Waals surface area contributed by atoms with Gasteiger partial charge in [-0.1, -0.05) is 32.9 Å². The van der Waals surface area contributed by atoms with Gasteiger partial charge < -0.3 is 4.74 Å². The van der Waals surface area contributed by atoms with Gasteiger partial charge in [-0.15, -0.1) is 0 Å². The Kier molecular flexibility index (Phi) is 6.88. The van der Waals surface area contributed by atoms with Crippen molar-refractivity contribution in [1.82, 2.24) is 0 Å². The summed E-state index contributed by atoms with van der Waals surface area (Å²) in [6.45, 7) is 6.76. The molecule has 0 fully saturated rings. The van der Waals surface area contributed by atoms with E-state index < -0.39 is 0 Å². The third-order valence-electron chi connectivity index (χ3n) is 3.86. The molecule has 0 aliphatic heterocycles. The third-order valence-corrected chi connectivity index (χ3v) is 8.06. The van der Waals surface area contributed by atoms with Crippen LogP contribution < -0.4 is 25.9 Å². The van der Waals surface area contributed by atoms with Gasteiger partial charge in [0.05, 0.1) is 3.57 Å². The molecule has 0 heterocycles. The summed E-state index contributed by atoms with van der Waals surface area (Å²) in [5, 5.41) is 0. The first-order valence-corrected chi connectivity index (χ1v) is 12.6. The molecule has 26 heavy (non-hydrogen) atoms. The summed E-state index contributed by atoms with van der Waals surface area (Å²) in [6.07, 6.45) is 0. The fourth-order valence-electron chi connectivity index (χ4n) is 2.39. The van der Waals surface area contributed by atoms with E-state index in [0.29, 0.717) is 0 Å². The van der Waals surface area contributed by atoms with Crippen LogP contribution in [0.1, 0.15) is 26.3 Å². The zero-order valence-electron chi connectivity index (χ0n) is 14.9. The van der Waals surface area contributed by atoms with Crippen molar-refractivity contribution < 1.29 is 25.9 Å². The van der Waals surface area contributed by atoms with Crippen LogP contribution in [0, 0.1) is 14.3 Å². The van der Waals surface area contributed by atoms with Gasteiger partial charge in [0, 0.05) is 3.57 Å². The molecule has 0 aromatic heterocycles. The molecule has 0 bridgehead atoms. The molecule has 0 aliphatic carbocycles. The van der Waals surface area contributed by atoms with Crippen molar-refractivity contribution in [2.75, 3.05) is 0 Å². The van der Waals surface area contributed by atoms with Crippen molar-refractivity contribution >= 4 is 45.2 Å². The average Bonchev–Trinajstić information content (AvgIpc) is 2.59. The fraction of sp³-hybridized carbons (Fsp3) is 0.182. The highest BCUT2D eigenvalue weighted by Gasteiger charge is 2.18. The minimum atomic E-state index is -0.163. The van der Waals surface area contributed by atoms with Crippen LogP contribution in [0.2, 0.25) is 0 Å². The Bertz CT molecular complexity index is 879. The van der Waals surface area contributed by atoms with Gasteiger partial charge in [0.2, 0.25) is 0 Å². The highest BCUT2D eigenvalue weighted by Crippen LogP contribution is 2.27. The van der Waals surface area contributed by atoms with Crippen molar-refractivity contribution in [3.05, 3.63) is 86.6 Å². The molecule has 0 radical (unpaired) electrons. The third kappa shape index (κ3) is 5.58. The lowest BCUT2D eigenvalue weighted by atomic mass is 9.87. The van der Waals surface area contributed by atoms with E-state index in [-0.39, 0.29) is 26.6 Å². The van der Waals surface area contributed by atoms with E-state index in [1.165, 1.54) is 16.3 Å². The normalized spacial score (nSPS) is 11.4. The summed E-state index contributed by atoms with van der Waals surface area (Å²) in [5.74, 6) is 1.80. The van der Waals surface area contributed by atoms with Gasteiger partial charge in [-0.25, -0.2) is 0 Å². The van der Waals surface area contributed by atoms with Gasteiger partial charge in [0.25, 0.3) is 0 Å². The van der Waals surface area contributed by atoms with E-state index in [0.717, 1.165) is 15.1 Å². The van der Waals surface area contributed by atoms with E-state index in [1.54, 1.807) is 0 Å². The minimum absolute atomic E-state index is 0.163. The Morgan fingerprint density at radius 2 is 1.35 bits per heavy atom. The molecule has 0 saturated heterocycles. The second-order valence-electron chi connectivity index (χ2n) is 6.98. The smallest absolute Gasteiger partial charge is 0.357 e. The largest absolute Gasteiger partial charge is 0.456 e. The van der Waals surface area contributed by atoms with Gasteiger partial charge in [-0.3, -0.25) is 0 Å². The lowest BCUT2D eigenvalue weighted by Crippen LogP contribution is -3.61. The molecule has 4 heteroatoms. The predicted octanol–water partition coefficient (Wildman–Crippen LogP) is 4.11. The van der Waals surface area contributed by atoms with Crippen molar-refractivity contribution in [3.63, 3.8) is 0 Å². The van der Waals surface area contributed by atoms with E-state index in [4.69, 9.17) is 4.74 Å². The lowest BCUT2D eigenvalue weighted by Gasteiger charge is -2.18. The second-order valence-corrected chi connectivity index (χ2v) is 12.4. The van der Waals surface area contributed by atoms with Gasteiger partial charge in [-0.2, -0.15) is 0 Å². The lowest BCUT2D eigenvalue weighted by molar-refractivity contribution is -0.597. The Hall–Kier alpha value is -0.350. The maximum Gasteiger partial charge on any atom is 0.357 e. The number of rotatable bonds is 4. The topological polar surface area (TPSA) is 9.23 Å². The summed E-state index contributed by atoms with van der Waals surface area (Å²) in [4.78, 5) is 0. The molecule has 3 aromatic carbocycles. The molecule has 1 nitrogen and oxygen atoms in total. The van der Waals surface area contributed by atoms with Crippen molar-refractivity contribution in [2.45, 2.75) is 26.2 Å².